The van der Waals surface area contributed by atoms with Crippen LogP contribution in [0.5, 0.6) is 0 Å². The predicted octanol–water partition coefficient (Wildman–Crippen LogP) is 3.69. The molecule has 1 fully saturated rings. The third-order valence-electron chi connectivity index (χ3n) is 5.89. The summed E-state index contributed by atoms with van der Waals surface area (Å²) in [6.07, 6.45) is -0.696. The van der Waals surface area contributed by atoms with E-state index in [9.17, 15) is 18.0 Å². The molecular formula is C23H29F3N4O2. The van der Waals surface area contributed by atoms with Crippen molar-refractivity contribution in [1.29, 1.82) is 0 Å². The summed E-state index contributed by atoms with van der Waals surface area (Å²) in [5.74, 6) is 0.0836. The third kappa shape index (κ3) is 5.97. The largest absolute Gasteiger partial charge is 0.433 e. The number of nitrogens with zero attached hydrogens (tertiary/aromatic N) is 3. The van der Waals surface area contributed by atoms with E-state index < -0.39 is 17.8 Å². The van der Waals surface area contributed by atoms with Gasteiger partial charge in [0.15, 0.2) is 0 Å². The highest BCUT2D eigenvalue weighted by atomic mass is 19.4. The molecule has 2 aromatic rings. The number of halogens is 3. The van der Waals surface area contributed by atoms with E-state index >= 15 is 0 Å². The van der Waals surface area contributed by atoms with Gasteiger partial charge >= 0.3 is 6.18 Å². The molecule has 1 aliphatic heterocycles. The molecular weight excluding hydrogens is 421 g/mol. The Morgan fingerprint density at radius 3 is 2.56 bits per heavy atom. The van der Waals surface area contributed by atoms with Gasteiger partial charge in [-0.1, -0.05) is 19.1 Å². The maximum absolute atomic E-state index is 13.2. The van der Waals surface area contributed by atoms with Crippen molar-refractivity contribution < 1.29 is 23.1 Å². The van der Waals surface area contributed by atoms with Crippen molar-refractivity contribution in [2.24, 2.45) is 5.92 Å². The van der Waals surface area contributed by atoms with Crippen molar-refractivity contribution in [2.75, 3.05) is 24.6 Å². The van der Waals surface area contributed by atoms with Gasteiger partial charge in [-0.2, -0.15) is 13.2 Å². The second-order valence-corrected chi connectivity index (χ2v) is 8.34. The van der Waals surface area contributed by atoms with E-state index in [-0.39, 0.29) is 24.9 Å². The van der Waals surface area contributed by atoms with Gasteiger partial charge in [-0.25, -0.2) is 4.98 Å². The summed E-state index contributed by atoms with van der Waals surface area (Å²) in [5, 5.41) is 11.8. The Morgan fingerprint density at radius 1 is 1.25 bits per heavy atom. The number of aromatic nitrogens is 2. The van der Waals surface area contributed by atoms with Gasteiger partial charge in [0.1, 0.15) is 11.5 Å². The minimum atomic E-state index is -4.52. The zero-order chi connectivity index (χ0) is 23.3. The average Bonchev–Trinajstić information content (AvgIpc) is 2.77. The quantitative estimate of drug-likeness (QED) is 0.673. The van der Waals surface area contributed by atoms with Crippen molar-refractivity contribution in [3.63, 3.8) is 0 Å². The Labute approximate surface area is 185 Å². The van der Waals surface area contributed by atoms with Gasteiger partial charge in [-0.3, -0.25) is 9.78 Å². The number of anilines is 1. The molecule has 174 valence electrons. The molecule has 1 aliphatic rings. The topological polar surface area (TPSA) is 78.4 Å². The maximum atomic E-state index is 13.2. The second-order valence-electron chi connectivity index (χ2n) is 8.34. The number of hydrogen-bond donors (Lipinski definition) is 2. The highest BCUT2D eigenvalue weighted by Gasteiger charge is 2.34. The van der Waals surface area contributed by atoms with Gasteiger partial charge in [0.05, 0.1) is 5.92 Å². The van der Waals surface area contributed by atoms with Crippen molar-refractivity contribution in [1.82, 2.24) is 15.3 Å². The number of pyridine rings is 2. The standard InChI is InChI=1S/C23H29F3N4O2/c1-15-7-10-30(11-8-15)21-18(4-6-20(29-21)23(24,25)26)14-28-22(32)16(2)17-3-5-19(9-12-31)27-13-17/h3-6,13,15-16,31H,7-12,14H2,1-2H3,(H,28,32). The molecule has 32 heavy (non-hydrogen) atoms. The first-order chi connectivity index (χ1) is 15.2. The average molecular weight is 451 g/mol. The van der Waals surface area contributed by atoms with Crippen molar-refractivity contribution in [2.45, 2.75) is 51.7 Å². The third-order valence-corrected chi connectivity index (χ3v) is 5.89. The molecule has 3 heterocycles. The van der Waals surface area contributed by atoms with Crippen LogP contribution in [0.1, 0.15) is 55.1 Å². The lowest BCUT2D eigenvalue weighted by molar-refractivity contribution is -0.141. The summed E-state index contributed by atoms with van der Waals surface area (Å²) >= 11 is 0. The van der Waals surface area contributed by atoms with Crippen LogP contribution in [0.4, 0.5) is 19.0 Å². The number of hydrogen-bond acceptors (Lipinski definition) is 5. The molecule has 1 atom stereocenters. The highest BCUT2D eigenvalue weighted by molar-refractivity contribution is 5.83. The Bertz CT molecular complexity index is 910. The number of piperidine rings is 1. The molecule has 0 aliphatic carbocycles. The molecule has 3 rings (SSSR count). The monoisotopic (exact) mass is 450 g/mol. The number of aliphatic hydroxyl groups excluding tert-OH is 1. The second kappa shape index (κ2) is 10.3. The number of alkyl halides is 3. The maximum Gasteiger partial charge on any atom is 0.433 e. The van der Waals surface area contributed by atoms with E-state index in [0.29, 0.717) is 31.0 Å². The van der Waals surface area contributed by atoms with Gasteiger partial charge in [-0.15, -0.1) is 0 Å². The van der Waals surface area contributed by atoms with Gasteiger partial charge in [0.2, 0.25) is 5.91 Å². The minimum Gasteiger partial charge on any atom is -0.396 e. The fourth-order valence-corrected chi connectivity index (χ4v) is 3.71. The van der Waals surface area contributed by atoms with Crippen molar-refractivity contribution in [3.05, 3.63) is 53.0 Å². The van der Waals surface area contributed by atoms with Crippen LogP contribution in [0.15, 0.2) is 30.5 Å². The molecule has 9 heteroatoms. The molecule has 0 spiro atoms. The van der Waals surface area contributed by atoms with Crippen LogP contribution in [0.25, 0.3) is 0 Å². The first-order valence-electron chi connectivity index (χ1n) is 10.8. The van der Waals surface area contributed by atoms with Crippen LogP contribution in [-0.4, -0.2) is 40.7 Å². The normalized spacial score (nSPS) is 16.1. The Hall–Kier alpha value is -2.68. The van der Waals surface area contributed by atoms with Crippen LogP contribution in [0.2, 0.25) is 0 Å². The Balaban J connectivity index is 1.73. The number of carbonyl (C=O) groups is 1. The molecule has 2 N–H and O–H groups in total. The Morgan fingerprint density at radius 2 is 1.97 bits per heavy atom. The summed E-state index contributed by atoms with van der Waals surface area (Å²) < 4.78 is 39.7. The van der Waals surface area contributed by atoms with Gasteiger partial charge in [-0.05, 0) is 43.4 Å². The van der Waals surface area contributed by atoms with E-state index in [2.05, 4.69) is 22.2 Å². The summed E-state index contributed by atoms with van der Waals surface area (Å²) in [6.45, 7) is 5.24. The van der Waals surface area contributed by atoms with E-state index in [0.717, 1.165) is 30.2 Å². The highest BCUT2D eigenvalue weighted by Crippen LogP contribution is 2.32. The number of aliphatic hydroxyl groups is 1. The Kier molecular flexibility index (Phi) is 7.71. The number of carbonyl (C=O) groups excluding carboxylic acids is 1. The molecule has 0 aromatic carbocycles. The van der Waals surface area contributed by atoms with Crippen LogP contribution in [0, 0.1) is 5.92 Å². The molecule has 1 amide bonds. The lowest BCUT2D eigenvalue weighted by Crippen LogP contribution is -2.35. The van der Waals surface area contributed by atoms with Crippen molar-refractivity contribution >= 4 is 11.7 Å². The van der Waals surface area contributed by atoms with Gasteiger partial charge in [0.25, 0.3) is 0 Å². The molecule has 1 unspecified atom stereocenters. The van der Waals surface area contributed by atoms with Crippen LogP contribution >= 0.6 is 0 Å². The van der Waals surface area contributed by atoms with Crippen LogP contribution in [0.3, 0.4) is 0 Å². The smallest absolute Gasteiger partial charge is 0.396 e. The van der Waals surface area contributed by atoms with E-state index in [4.69, 9.17) is 5.11 Å². The molecule has 0 bridgehead atoms. The first kappa shape index (κ1) is 24.0. The zero-order valence-corrected chi connectivity index (χ0v) is 18.3. The lowest BCUT2D eigenvalue weighted by Gasteiger charge is -2.33. The predicted molar refractivity (Wildman–Crippen MR) is 115 cm³/mol. The summed E-state index contributed by atoms with van der Waals surface area (Å²) in [6, 6.07) is 5.93. The summed E-state index contributed by atoms with van der Waals surface area (Å²) in [5.41, 5.74) is 1.09. The molecule has 6 nitrogen and oxygen atoms in total. The molecule has 0 radical (unpaired) electrons. The number of amides is 1. The number of rotatable bonds is 7. The number of nitrogens with one attached hydrogen (secondary N) is 1. The zero-order valence-electron chi connectivity index (χ0n) is 18.3. The van der Waals surface area contributed by atoms with E-state index in [1.165, 1.54) is 6.07 Å². The molecule has 2 aromatic heterocycles. The van der Waals surface area contributed by atoms with Crippen molar-refractivity contribution in [3.8, 4) is 0 Å². The first-order valence-corrected chi connectivity index (χ1v) is 10.8. The van der Waals surface area contributed by atoms with E-state index in [1.54, 1.807) is 25.3 Å². The van der Waals surface area contributed by atoms with Crippen LogP contribution in [-0.2, 0) is 23.9 Å². The van der Waals surface area contributed by atoms with Gasteiger partial charge in [0, 0.05) is 50.1 Å². The minimum absolute atomic E-state index is 0.00180. The molecule has 0 saturated carbocycles. The van der Waals surface area contributed by atoms with Gasteiger partial charge < -0.3 is 15.3 Å². The lowest BCUT2D eigenvalue weighted by atomic mass is 9.98. The fourth-order valence-electron chi connectivity index (χ4n) is 3.71. The summed E-state index contributed by atoms with van der Waals surface area (Å²) in [4.78, 5) is 22.7. The fraction of sp³-hybridized carbons (Fsp3) is 0.522. The summed E-state index contributed by atoms with van der Waals surface area (Å²) in [7, 11) is 0. The van der Waals surface area contributed by atoms with E-state index in [1.807, 2.05) is 4.90 Å². The molecule has 1 saturated heterocycles. The SMILES string of the molecule is CC1CCN(c2nc(C(F)(F)F)ccc2CNC(=O)C(C)c2ccc(CCO)nc2)CC1. The van der Waals surface area contributed by atoms with Crippen LogP contribution < -0.4 is 10.2 Å².